The van der Waals surface area contributed by atoms with Crippen LogP contribution in [0.15, 0.2) is 23.7 Å². The van der Waals surface area contributed by atoms with Crippen LogP contribution in [0.1, 0.15) is 6.42 Å². The molecule has 1 N–H and O–H groups in total. The number of ether oxygens (including phenoxy) is 1. The van der Waals surface area contributed by atoms with Crippen LogP contribution in [0.4, 0.5) is 0 Å². The second-order valence-corrected chi connectivity index (χ2v) is 2.92. The molecule has 0 aliphatic heterocycles. The standard InChI is InChI=1S/C7H8N2O6/c1-15-6-4-7(8(11)12,9(13)14)3-2-5(6)10/h2-3,10H,4H2,1H3. The van der Waals surface area contributed by atoms with Crippen LogP contribution >= 0.6 is 0 Å². The number of rotatable bonds is 3. The zero-order valence-corrected chi connectivity index (χ0v) is 7.74. The minimum absolute atomic E-state index is 0.175. The molecule has 0 aromatic carbocycles. The summed E-state index contributed by atoms with van der Waals surface area (Å²) in [4.78, 5) is 19.2. The van der Waals surface area contributed by atoms with Crippen molar-refractivity contribution in [3.8, 4) is 0 Å². The molecule has 82 valence electrons. The first-order valence-electron chi connectivity index (χ1n) is 3.88. The molecule has 15 heavy (non-hydrogen) atoms. The molecule has 1 rings (SSSR count). The van der Waals surface area contributed by atoms with E-state index in [1.54, 1.807) is 0 Å². The number of aliphatic hydroxyl groups is 1. The molecular weight excluding hydrogens is 208 g/mol. The molecule has 0 unspecified atom stereocenters. The van der Waals surface area contributed by atoms with E-state index in [0.29, 0.717) is 0 Å². The van der Waals surface area contributed by atoms with Crippen LogP contribution in [0.2, 0.25) is 0 Å². The van der Waals surface area contributed by atoms with Gasteiger partial charge in [-0.2, -0.15) is 0 Å². The second kappa shape index (κ2) is 3.56. The molecule has 0 radical (unpaired) electrons. The smallest absolute Gasteiger partial charge is 0.485 e. The van der Waals surface area contributed by atoms with Crippen molar-refractivity contribution in [1.29, 1.82) is 0 Å². The number of hydrogen-bond acceptors (Lipinski definition) is 6. The van der Waals surface area contributed by atoms with Gasteiger partial charge in [0.15, 0.2) is 17.9 Å². The molecule has 0 bridgehead atoms. The molecule has 0 aromatic heterocycles. The van der Waals surface area contributed by atoms with Crippen molar-refractivity contribution in [3.63, 3.8) is 0 Å². The molecule has 8 nitrogen and oxygen atoms in total. The molecule has 0 aromatic rings. The van der Waals surface area contributed by atoms with Gasteiger partial charge in [0.1, 0.15) is 9.85 Å². The van der Waals surface area contributed by atoms with Crippen LogP contribution in [-0.4, -0.2) is 27.7 Å². The Kier molecular flexibility index (Phi) is 2.60. The number of hydrogen-bond donors (Lipinski definition) is 1. The lowest BCUT2D eigenvalue weighted by Gasteiger charge is -2.18. The zero-order chi connectivity index (χ0) is 11.6. The molecule has 0 spiro atoms. The summed E-state index contributed by atoms with van der Waals surface area (Å²) in [5, 5.41) is 30.5. The van der Waals surface area contributed by atoms with Crippen LogP contribution < -0.4 is 0 Å². The van der Waals surface area contributed by atoms with E-state index in [2.05, 4.69) is 4.74 Å². The largest absolute Gasteiger partial charge is 0.504 e. The summed E-state index contributed by atoms with van der Waals surface area (Å²) in [6, 6.07) is 0. The molecule has 0 saturated heterocycles. The quantitative estimate of drug-likeness (QED) is 0.419. The van der Waals surface area contributed by atoms with E-state index in [0.717, 1.165) is 12.2 Å². The van der Waals surface area contributed by atoms with E-state index < -0.39 is 21.9 Å². The van der Waals surface area contributed by atoms with Crippen molar-refractivity contribution in [2.45, 2.75) is 12.1 Å². The highest BCUT2D eigenvalue weighted by Crippen LogP contribution is 2.29. The van der Waals surface area contributed by atoms with Gasteiger partial charge in [-0.25, -0.2) is 0 Å². The van der Waals surface area contributed by atoms with Gasteiger partial charge in [0.25, 0.3) is 0 Å². The predicted octanol–water partition coefficient (Wildman–Crippen LogP) is 0.612. The number of allylic oxidation sites excluding steroid dienone is 1. The van der Waals surface area contributed by atoms with Gasteiger partial charge in [-0.3, -0.25) is 20.2 Å². The van der Waals surface area contributed by atoms with E-state index in [4.69, 9.17) is 0 Å². The van der Waals surface area contributed by atoms with Crippen molar-refractivity contribution in [2.75, 3.05) is 7.11 Å². The van der Waals surface area contributed by atoms with Gasteiger partial charge in [-0.15, -0.1) is 0 Å². The Hall–Kier alpha value is -2.12. The summed E-state index contributed by atoms with van der Waals surface area (Å²) in [5.41, 5.74) is -2.45. The van der Waals surface area contributed by atoms with Gasteiger partial charge in [-0.1, -0.05) is 0 Å². The third-order valence-electron chi connectivity index (χ3n) is 2.09. The summed E-state index contributed by atoms with van der Waals surface area (Å²) in [6.45, 7) is 0. The van der Waals surface area contributed by atoms with E-state index in [1.165, 1.54) is 7.11 Å². The van der Waals surface area contributed by atoms with Crippen molar-refractivity contribution in [1.82, 2.24) is 0 Å². The monoisotopic (exact) mass is 216 g/mol. The van der Waals surface area contributed by atoms with E-state index in [1.807, 2.05) is 0 Å². The molecule has 0 heterocycles. The van der Waals surface area contributed by atoms with Crippen LogP contribution in [0.5, 0.6) is 0 Å². The third-order valence-corrected chi connectivity index (χ3v) is 2.09. The fourth-order valence-corrected chi connectivity index (χ4v) is 1.19. The van der Waals surface area contributed by atoms with Gasteiger partial charge in [-0.05, 0) is 6.08 Å². The van der Waals surface area contributed by atoms with Crippen LogP contribution in [0, 0.1) is 20.2 Å². The first-order valence-corrected chi connectivity index (χ1v) is 3.88. The number of methoxy groups -OCH3 is 1. The lowest BCUT2D eigenvalue weighted by atomic mass is 10.00. The highest BCUT2D eigenvalue weighted by atomic mass is 16.7. The van der Waals surface area contributed by atoms with E-state index >= 15 is 0 Å². The Labute approximate surface area is 83.8 Å². The number of nitrogens with zero attached hydrogens (tertiary/aromatic N) is 2. The van der Waals surface area contributed by atoms with Crippen LogP contribution in [0.25, 0.3) is 0 Å². The van der Waals surface area contributed by atoms with Gasteiger partial charge in [0.2, 0.25) is 0 Å². The first-order chi connectivity index (χ1) is 6.94. The van der Waals surface area contributed by atoms with Crippen molar-refractivity contribution in [2.24, 2.45) is 0 Å². The lowest BCUT2D eigenvalue weighted by molar-refractivity contribution is -0.781. The molecule has 8 heteroatoms. The Bertz CT molecular complexity index is 358. The van der Waals surface area contributed by atoms with E-state index in [9.17, 15) is 25.3 Å². The van der Waals surface area contributed by atoms with Crippen LogP contribution in [-0.2, 0) is 4.74 Å². The van der Waals surface area contributed by atoms with Gasteiger partial charge in [0, 0.05) is 0 Å². The molecule has 0 saturated carbocycles. The molecule has 0 atom stereocenters. The average Bonchev–Trinajstić information content (AvgIpc) is 2.18. The summed E-state index contributed by atoms with van der Waals surface area (Å²) < 4.78 is 4.63. The summed E-state index contributed by atoms with van der Waals surface area (Å²) in [6.07, 6.45) is 1.03. The SMILES string of the molecule is COC1=C(O)C=CC([N+](=O)[O-])([N+](=O)[O-])C1. The third kappa shape index (κ3) is 1.60. The fourth-order valence-electron chi connectivity index (χ4n) is 1.19. The Morgan fingerprint density at radius 3 is 2.40 bits per heavy atom. The molecule has 1 aliphatic carbocycles. The fraction of sp³-hybridized carbons (Fsp3) is 0.429. The maximum atomic E-state index is 10.6. The van der Waals surface area contributed by atoms with Crippen LogP contribution in [0.3, 0.4) is 0 Å². The highest BCUT2D eigenvalue weighted by molar-refractivity contribution is 5.24. The number of nitro groups is 2. The van der Waals surface area contributed by atoms with Gasteiger partial charge in [0.05, 0.1) is 13.2 Å². The maximum Gasteiger partial charge on any atom is 0.485 e. The molecule has 0 amide bonds. The van der Waals surface area contributed by atoms with E-state index in [-0.39, 0.29) is 11.5 Å². The second-order valence-electron chi connectivity index (χ2n) is 2.92. The van der Waals surface area contributed by atoms with Gasteiger partial charge >= 0.3 is 5.66 Å². The summed E-state index contributed by atoms with van der Waals surface area (Å²) >= 11 is 0. The van der Waals surface area contributed by atoms with Crippen molar-refractivity contribution >= 4 is 0 Å². The average molecular weight is 216 g/mol. The Morgan fingerprint density at radius 1 is 1.47 bits per heavy atom. The molecule has 0 fully saturated rings. The van der Waals surface area contributed by atoms with Gasteiger partial charge < -0.3 is 9.84 Å². The first kappa shape index (κ1) is 11.0. The molecular formula is C7H8N2O6. The van der Waals surface area contributed by atoms with Crippen molar-refractivity contribution in [3.05, 3.63) is 43.9 Å². The molecule has 1 aliphatic rings. The highest BCUT2D eigenvalue weighted by Gasteiger charge is 2.56. The Balaban J connectivity index is 3.16. The lowest BCUT2D eigenvalue weighted by Crippen LogP contribution is -2.46. The maximum absolute atomic E-state index is 10.6. The minimum atomic E-state index is -2.45. The zero-order valence-electron chi connectivity index (χ0n) is 7.74. The summed E-state index contributed by atoms with van der Waals surface area (Å²) in [5.74, 6) is -0.511. The minimum Gasteiger partial charge on any atom is -0.504 e. The normalized spacial score (nSPS) is 18.7. The predicted molar refractivity (Wildman–Crippen MR) is 47.1 cm³/mol. The summed E-state index contributed by atoms with van der Waals surface area (Å²) in [7, 11) is 1.18. The topological polar surface area (TPSA) is 116 Å². The Morgan fingerprint density at radius 2 is 2.00 bits per heavy atom. The van der Waals surface area contributed by atoms with Crippen molar-refractivity contribution < 1.29 is 19.7 Å². The number of aliphatic hydroxyl groups excluding tert-OH is 1.